The number of benzene rings is 1. The molecular weight excluding hydrogens is 264 g/mol. The fourth-order valence-electron chi connectivity index (χ4n) is 1.65. The van der Waals surface area contributed by atoms with E-state index in [0.717, 1.165) is 13.0 Å². The van der Waals surface area contributed by atoms with Crippen molar-refractivity contribution in [3.8, 4) is 0 Å². The van der Waals surface area contributed by atoms with Gasteiger partial charge in [0.1, 0.15) is 0 Å². The van der Waals surface area contributed by atoms with Gasteiger partial charge >= 0.3 is 0 Å². The molecule has 0 amide bonds. The molecule has 0 radical (unpaired) electrons. The summed E-state index contributed by atoms with van der Waals surface area (Å²) in [6, 6.07) is 6.13. The van der Waals surface area contributed by atoms with Crippen molar-refractivity contribution in [2.75, 3.05) is 27.2 Å². The molecule has 0 unspecified atom stereocenters. The molecule has 0 aliphatic carbocycles. The minimum atomic E-state index is -3.52. The van der Waals surface area contributed by atoms with Gasteiger partial charge in [-0.2, -0.15) is 0 Å². The molecule has 0 heterocycles. The fourth-order valence-corrected chi connectivity index (χ4v) is 2.91. The van der Waals surface area contributed by atoms with Gasteiger partial charge in [-0.05, 0) is 39.1 Å². The van der Waals surface area contributed by atoms with Crippen LogP contribution >= 0.6 is 0 Å². The zero-order chi connectivity index (χ0) is 14.5. The van der Waals surface area contributed by atoms with Crippen LogP contribution in [0.15, 0.2) is 29.2 Å². The van der Waals surface area contributed by atoms with Crippen molar-refractivity contribution in [3.63, 3.8) is 0 Å². The molecule has 1 aromatic rings. The van der Waals surface area contributed by atoms with E-state index in [1.165, 1.54) is 23.4 Å². The standard InChI is InChI=1S/C13H20N2O3S/c1-11(16)12-6-4-7-13(10-12)19(17,18)15(3)9-5-8-14-2/h4,6-7,10,14H,5,8-9H2,1-3H3. The van der Waals surface area contributed by atoms with Crippen LogP contribution in [0, 0.1) is 0 Å². The second kappa shape index (κ2) is 6.79. The van der Waals surface area contributed by atoms with E-state index >= 15 is 0 Å². The summed E-state index contributed by atoms with van der Waals surface area (Å²) in [5, 5.41) is 2.97. The number of nitrogens with one attached hydrogen (secondary N) is 1. The Kier molecular flexibility index (Phi) is 5.65. The van der Waals surface area contributed by atoms with Crippen LogP contribution in [-0.2, 0) is 10.0 Å². The predicted octanol–water partition coefficient (Wildman–Crippen LogP) is 1.12. The number of nitrogens with zero attached hydrogens (tertiary/aromatic N) is 1. The van der Waals surface area contributed by atoms with Gasteiger partial charge in [-0.1, -0.05) is 12.1 Å². The summed E-state index contributed by atoms with van der Waals surface area (Å²) in [5.41, 5.74) is 0.407. The van der Waals surface area contributed by atoms with Crippen molar-refractivity contribution < 1.29 is 13.2 Å². The van der Waals surface area contributed by atoms with Gasteiger partial charge in [-0.25, -0.2) is 12.7 Å². The van der Waals surface area contributed by atoms with Gasteiger partial charge < -0.3 is 5.32 Å². The lowest BCUT2D eigenvalue weighted by Gasteiger charge is -2.17. The molecule has 5 nitrogen and oxygen atoms in total. The summed E-state index contributed by atoms with van der Waals surface area (Å²) in [6.45, 7) is 2.61. The molecule has 0 saturated heterocycles. The van der Waals surface area contributed by atoms with Crippen molar-refractivity contribution in [1.82, 2.24) is 9.62 Å². The van der Waals surface area contributed by atoms with E-state index in [-0.39, 0.29) is 10.7 Å². The summed E-state index contributed by atoms with van der Waals surface area (Å²) >= 11 is 0. The number of ketones is 1. The first kappa shape index (κ1) is 15.8. The molecule has 19 heavy (non-hydrogen) atoms. The maximum atomic E-state index is 12.3. The Hall–Kier alpha value is -1.24. The average Bonchev–Trinajstić information content (AvgIpc) is 2.39. The van der Waals surface area contributed by atoms with Gasteiger partial charge in [-0.15, -0.1) is 0 Å². The summed E-state index contributed by atoms with van der Waals surface area (Å²) in [5.74, 6) is -0.144. The highest BCUT2D eigenvalue weighted by atomic mass is 32.2. The molecule has 0 spiro atoms. The molecule has 0 saturated carbocycles. The molecule has 1 N–H and O–H groups in total. The summed E-state index contributed by atoms with van der Waals surface area (Å²) < 4.78 is 25.9. The minimum Gasteiger partial charge on any atom is -0.320 e. The minimum absolute atomic E-state index is 0.144. The third-order valence-electron chi connectivity index (χ3n) is 2.85. The van der Waals surface area contributed by atoms with E-state index in [1.807, 2.05) is 7.05 Å². The van der Waals surface area contributed by atoms with Gasteiger partial charge in [0.25, 0.3) is 0 Å². The molecule has 0 bridgehead atoms. The number of Topliss-reactive ketones (excluding diaryl/α,β-unsaturated/α-hetero) is 1. The lowest BCUT2D eigenvalue weighted by molar-refractivity contribution is 0.101. The van der Waals surface area contributed by atoms with E-state index in [2.05, 4.69) is 5.32 Å². The van der Waals surface area contributed by atoms with Crippen LogP contribution in [0.25, 0.3) is 0 Å². The monoisotopic (exact) mass is 284 g/mol. The van der Waals surface area contributed by atoms with Crippen LogP contribution < -0.4 is 5.32 Å². The van der Waals surface area contributed by atoms with Gasteiger partial charge in [0, 0.05) is 19.2 Å². The number of carbonyl (C=O) groups is 1. The number of rotatable bonds is 7. The van der Waals surface area contributed by atoms with Crippen LogP contribution in [0.4, 0.5) is 0 Å². The third kappa shape index (κ3) is 4.12. The lowest BCUT2D eigenvalue weighted by atomic mass is 10.2. The van der Waals surface area contributed by atoms with Crippen molar-refractivity contribution in [2.45, 2.75) is 18.2 Å². The Morgan fingerprint density at radius 1 is 1.37 bits per heavy atom. The van der Waals surface area contributed by atoms with Gasteiger partial charge in [0.15, 0.2) is 5.78 Å². The van der Waals surface area contributed by atoms with E-state index < -0.39 is 10.0 Å². The predicted molar refractivity (Wildman–Crippen MR) is 74.8 cm³/mol. The zero-order valence-electron chi connectivity index (χ0n) is 11.5. The largest absolute Gasteiger partial charge is 0.320 e. The molecule has 1 rings (SSSR count). The second-order valence-electron chi connectivity index (χ2n) is 4.37. The van der Waals surface area contributed by atoms with Crippen molar-refractivity contribution in [1.29, 1.82) is 0 Å². The van der Waals surface area contributed by atoms with Crippen molar-refractivity contribution in [2.24, 2.45) is 0 Å². The second-order valence-corrected chi connectivity index (χ2v) is 6.41. The van der Waals surface area contributed by atoms with Gasteiger partial charge in [0.05, 0.1) is 4.90 Å². The molecule has 0 atom stereocenters. The van der Waals surface area contributed by atoms with E-state index in [1.54, 1.807) is 19.2 Å². The zero-order valence-corrected chi connectivity index (χ0v) is 12.3. The number of sulfonamides is 1. The molecule has 0 aliphatic heterocycles. The first-order valence-electron chi connectivity index (χ1n) is 6.11. The number of hydrogen-bond acceptors (Lipinski definition) is 4. The topological polar surface area (TPSA) is 66.5 Å². The molecule has 6 heteroatoms. The van der Waals surface area contributed by atoms with E-state index in [4.69, 9.17) is 0 Å². The third-order valence-corrected chi connectivity index (χ3v) is 4.70. The Balaban J connectivity index is 2.93. The molecule has 106 valence electrons. The highest BCUT2D eigenvalue weighted by Crippen LogP contribution is 2.16. The first-order chi connectivity index (χ1) is 8.89. The maximum absolute atomic E-state index is 12.3. The van der Waals surface area contributed by atoms with Crippen LogP contribution in [0.2, 0.25) is 0 Å². The maximum Gasteiger partial charge on any atom is 0.242 e. The summed E-state index contributed by atoms with van der Waals surface area (Å²) in [4.78, 5) is 11.4. The molecular formula is C13H20N2O3S. The average molecular weight is 284 g/mol. The fraction of sp³-hybridized carbons (Fsp3) is 0.462. The number of hydrogen-bond donors (Lipinski definition) is 1. The van der Waals surface area contributed by atoms with Crippen LogP contribution in [0.3, 0.4) is 0 Å². The van der Waals surface area contributed by atoms with E-state index in [0.29, 0.717) is 12.1 Å². The Morgan fingerprint density at radius 3 is 2.63 bits per heavy atom. The van der Waals surface area contributed by atoms with Crippen LogP contribution in [-0.4, -0.2) is 45.7 Å². The molecule has 0 aliphatic rings. The van der Waals surface area contributed by atoms with E-state index in [9.17, 15) is 13.2 Å². The molecule has 0 aromatic heterocycles. The van der Waals surface area contributed by atoms with Crippen LogP contribution in [0.1, 0.15) is 23.7 Å². The van der Waals surface area contributed by atoms with Gasteiger partial charge in [0.2, 0.25) is 10.0 Å². The smallest absolute Gasteiger partial charge is 0.242 e. The first-order valence-corrected chi connectivity index (χ1v) is 7.55. The quantitative estimate of drug-likeness (QED) is 0.602. The lowest BCUT2D eigenvalue weighted by Crippen LogP contribution is -2.29. The van der Waals surface area contributed by atoms with Crippen LogP contribution in [0.5, 0.6) is 0 Å². The van der Waals surface area contributed by atoms with Crippen molar-refractivity contribution >= 4 is 15.8 Å². The summed E-state index contributed by atoms with van der Waals surface area (Å²) in [6.07, 6.45) is 0.735. The number of carbonyl (C=O) groups excluding carboxylic acids is 1. The normalized spacial score (nSPS) is 11.8. The summed E-state index contributed by atoms with van der Waals surface area (Å²) in [7, 11) is -0.151. The molecule has 0 fully saturated rings. The Morgan fingerprint density at radius 2 is 2.05 bits per heavy atom. The Bertz CT molecular complexity index is 541. The highest BCUT2D eigenvalue weighted by Gasteiger charge is 2.20. The highest BCUT2D eigenvalue weighted by molar-refractivity contribution is 7.89. The van der Waals surface area contributed by atoms with Crippen molar-refractivity contribution in [3.05, 3.63) is 29.8 Å². The SMILES string of the molecule is CNCCCN(C)S(=O)(=O)c1cccc(C(C)=O)c1. The molecule has 1 aromatic carbocycles. The Labute approximate surface area is 114 Å². The van der Waals surface area contributed by atoms with Gasteiger partial charge in [-0.3, -0.25) is 4.79 Å².